The van der Waals surface area contributed by atoms with Gasteiger partial charge in [0, 0.05) is 11.1 Å². The normalized spacial score (nSPS) is 10.7. The Morgan fingerprint density at radius 3 is 2.50 bits per heavy atom. The van der Waals surface area contributed by atoms with E-state index in [-0.39, 0.29) is 0 Å². The van der Waals surface area contributed by atoms with Crippen LogP contribution in [0.1, 0.15) is 6.92 Å². The Morgan fingerprint density at radius 1 is 0.950 bits per heavy atom. The Hall–Kier alpha value is -2.07. The third-order valence-electron chi connectivity index (χ3n) is 2.89. The van der Waals surface area contributed by atoms with Gasteiger partial charge in [0.05, 0.1) is 5.52 Å². The minimum Gasteiger partial charge on any atom is -0.340 e. The van der Waals surface area contributed by atoms with E-state index in [1.165, 1.54) is 0 Å². The number of fused-ring (bicyclic) bond motifs is 1. The lowest BCUT2D eigenvalue weighted by Gasteiger charge is -2.10. The summed E-state index contributed by atoms with van der Waals surface area (Å²) in [5.74, 6) is 1.82. The Bertz CT molecular complexity index is 713. The SMILES string of the molecule is CCSc1nc(Nc2ccccc2)c2ccccc2n1. The molecule has 0 radical (unpaired) electrons. The lowest BCUT2D eigenvalue weighted by Crippen LogP contribution is -1.98. The molecule has 3 aromatic rings. The number of rotatable bonds is 4. The lowest BCUT2D eigenvalue weighted by molar-refractivity contribution is 1.01. The topological polar surface area (TPSA) is 37.8 Å². The summed E-state index contributed by atoms with van der Waals surface area (Å²) in [6.45, 7) is 2.10. The van der Waals surface area contributed by atoms with Gasteiger partial charge in [0.25, 0.3) is 0 Å². The van der Waals surface area contributed by atoms with E-state index in [0.717, 1.165) is 33.3 Å². The molecular weight excluding hydrogens is 266 g/mol. The van der Waals surface area contributed by atoms with E-state index in [9.17, 15) is 0 Å². The van der Waals surface area contributed by atoms with Crippen LogP contribution in [0.4, 0.5) is 11.5 Å². The van der Waals surface area contributed by atoms with Gasteiger partial charge in [-0.25, -0.2) is 9.97 Å². The van der Waals surface area contributed by atoms with Crippen LogP contribution in [0.25, 0.3) is 10.9 Å². The average molecular weight is 281 g/mol. The van der Waals surface area contributed by atoms with E-state index >= 15 is 0 Å². The maximum Gasteiger partial charge on any atom is 0.190 e. The van der Waals surface area contributed by atoms with E-state index in [0.29, 0.717) is 0 Å². The molecule has 1 heterocycles. The van der Waals surface area contributed by atoms with Crippen molar-refractivity contribution in [3.05, 3.63) is 54.6 Å². The molecule has 0 aliphatic carbocycles. The molecule has 3 nitrogen and oxygen atoms in total. The second-order valence-electron chi connectivity index (χ2n) is 4.30. The van der Waals surface area contributed by atoms with Crippen LogP contribution in [0.3, 0.4) is 0 Å². The number of hydrogen-bond acceptors (Lipinski definition) is 4. The highest BCUT2D eigenvalue weighted by Gasteiger charge is 2.07. The summed E-state index contributed by atoms with van der Waals surface area (Å²) in [6.07, 6.45) is 0. The molecule has 0 aliphatic heterocycles. The van der Waals surface area contributed by atoms with Crippen LogP contribution in [0.2, 0.25) is 0 Å². The van der Waals surface area contributed by atoms with Crippen molar-refractivity contribution in [1.82, 2.24) is 9.97 Å². The number of benzene rings is 2. The molecule has 0 unspecified atom stereocenters. The van der Waals surface area contributed by atoms with Crippen molar-refractivity contribution in [3.8, 4) is 0 Å². The first-order chi connectivity index (χ1) is 9.86. The number of aromatic nitrogens is 2. The molecule has 0 atom stereocenters. The van der Waals surface area contributed by atoms with Gasteiger partial charge in [0.15, 0.2) is 5.16 Å². The van der Waals surface area contributed by atoms with Crippen molar-refractivity contribution < 1.29 is 0 Å². The molecule has 0 spiro atoms. The smallest absolute Gasteiger partial charge is 0.190 e. The van der Waals surface area contributed by atoms with Crippen LogP contribution in [0.15, 0.2) is 59.8 Å². The Kier molecular flexibility index (Phi) is 3.83. The Morgan fingerprint density at radius 2 is 1.70 bits per heavy atom. The summed E-state index contributed by atoms with van der Waals surface area (Å²) in [5, 5.41) is 5.23. The fourth-order valence-electron chi connectivity index (χ4n) is 2.00. The van der Waals surface area contributed by atoms with Crippen molar-refractivity contribution in [1.29, 1.82) is 0 Å². The van der Waals surface area contributed by atoms with Gasteiger partial charge in [-0.1, -0.05) is 49.0 Å². The van der Waals surface area contributed by atoms with Gasteiger partial charge in [0.1, 0.15) is 5.82 Å². The van der Waals surface area contributed by atoms with E-state index < -0.39 is 0 Å². The summed E-state index contributed by atoms with van der Waals surface area (Å²) >= 11 is 1.65. The van der Waals surface area contributed by atoms with Crippen LogP contribution < -0.4 is 5.32 Å². The molecule has 0 fully saturated rings. The molecule has 4 heteroatoms. The van der Waals surface area contributed by atoms with Gasteiger partial charge in [-0.3, -0.25) is 0 Å². The average Bonchev–Trinajstić information content (AvgIpc) is 2.49. The number of nitrogens with one attached hydrogen (secondary N) is 1. The number of para-hydroxylation sites is 2. The highest BCUT2D eigenvalue weighted by Crippen LogP contribution is 2.26. The standard InChI is InChI=1S/C16H15N3S/c1-2-20-16-18-14-11-7-6-10-13(14)15(19-16)17-12-8-4-3-5-9-12/h3-11H,2H2,1H3,(H,17,18,19). The first kappa shape index (κ1) is 12.9. The van der Waals surface area contributed by atoms with Crippen LogP contribution in [-0.4, -0.2) is 15.7 Å². The summed E-state index contributed by atoms with van der Waals surface area (Å²) in [7, 11) is 0. The fraction of sp³-hybridized carbons (Fsp3) is 0.125. The van der Waals surface area contributed by atoms with E-state index in [1.54, 1.807) is 11.8 Å². The molecule has 20 heavy (non-hydrogen) atoms. The molecule has 0 amide bonds. The van der Waals surface area contributed by atoms with Gasteiger partial charge < -0.3 is 5.32 Å². The fourth-order valence-corrected chi connectivity index (χ4v) is 2.58. The molecule has 1 aromatic heterocycles. The number of anilines is 2. The lowest BCUT2D eigenvalue weighted by atomic mass is 10.2. The van der Waals surface area contributed by atoms with Crippen molar-refractivity contribution in [2.45, 2.75) is 12.1 Å². The molecule has 0 saturated heterocycles. The molecular formula is C16H15N3S. The minimum atomic E-state index is 0.810. The molecule has 0 saturated carbocycles. The quantitative estimate of drug-likeness (QED) is 0.565. The first-order valence-corrected chi connectivity index (χ1v) is 7.57. The van der Waals surface area contributed by atoms with Crippen LogP contribution in [0.5, 0.6) is 0 Å². The Labute approximate surface area is 122 Å². The van der Waals surface area contributed by atoms with Crippen molar-refractivity contribution >= 4 is 34.2 Å². The summed E-state index contributed by atoms with van der Waals surface area (Å²) < 4.78 is 0. The monoisotopic (exact) mass is 281 g/mol. The second kappa shape index (κ2) is 5.92. The van der Waals surface area contributed by atoms with Crippen LogP contribution >= 0.6 is 11.8 Å². The molecule has 3 rings (SSSR count). The van der Waals surface area contributed by atoms with Crippen molar-refractivity contribution in [2.75, 3.05) is 11.1 Å². The van der Waals surface area contributed by atoms with Crippen LogP contribution in [0, 0.1) is 0 Å². The largest absolute Gasteiger partial charge is 0.340 e. The van der Waals surface area contributed by atoms with Gasteiger partial charge in [-0.15, -0.1) is 0 Å². The predicted octanol–water partition coefficient (Wildman–Crippen LogP) is 4.49. The Balaban J connectivity index is 2.07. The zero-order valence-corrected chi connectivity index (χ0v) is 12.0. The van der Waals surface area contributed by atoms with Crippen molar-refractivity contribution in [3.63, 3.8) is 0 Å². The van der Waals surface area contributed by atoms with Gasteiger partial charge in [-0.05, 0) is 30.0 Å². The first-order valence-electron chi connectivity index (χ1n) is 6.58. The predicted molar refractivity (Wildman–Crippen MR) is 85.7 cm³/mol. The van der Waals surface area contributed by atoms with Gasteiger partial charge >= 0.3 is 0 Å². The highest BCUT2D eigenvalue weighted by molar-refractivity contribution is 7.99. The third kappa shape index (κ3) is 2.75. The zero-order valence-electron chi connectivity index (χ0n) is 11.2. The number of nitrogens with zero attached hydrogens (tertiary/aromatic N) is 2. The summed E-state index contributed by atoms with van der Waals surface area (Å²) in [6, 6.07) is 18.2. The van der Waals surface area contributed by atoms with E-state index in [4.69, 9.17) is 0 Å². The van der Waals surface area contributed by atoms with Gasteiger partial charge in [0.2, 0.25) is 0 Å². The second-order valence-corrected chi connectivity index (χ2v) is 5.53. The maximum atomic E-state index is 4.63. The summed E-state index contributed by atoms with van der Waals surface area (Å²) in [4.78, 5) is 9.21. The molecule has 100 valence electrons. The molecule has 0 aliphatic rings. The minimum absolute atomic E-state index is 0.810. The number of thioether (sulfide) groups is 1. The molecule has 0 bridgehead atoms. The summed E-state index contributed by atoms with van der Waals surface area (Å²) in [5.41, 5.74) is 2.00. The van der Waals surface area contributed by atoms with Gasteiger partial charge in [-0.2, -0.15) is 0 Å². The maximum absolute atomic E-state index is 4.63. The molecule has 2 aromatic carbocycles. The van der Waals surface area contributed by atoms with Crippen molar-refractivity contribution in [2.24, 2.45) is 0 Å². The van der Waals surface area contributed by atoms with Crippen LogP contribution in [-0.2, 0) is 0 Å². The van der Waals surface area contributed by atoms with E-state index in [2.05, 4.69) is 22.2 Å². The number of hydrogen-bond donors (Lipinski definition) is 1. The highest BCUT2D eigenvalue weighted by atomic mass is 32.2. The zero-order chi connectivity index (χ0) is 13.8. The molecule has 1 N–H and O–H groups in total. The van der Waals surface area contributed by atoms with E-state index in [1.807, 2.05) is 54.6 Å². The third-order valence-corrected chi connectivity index (χ3v) is 3.62.